The van der Waals surface area contributed by atoms with Gasteiger partial charge in [0.2, 0.25) is 0 Å². The molecule has 260 valence electrons. The maximum Gasteiger partial charge on any atom is 0.0640 e. The average molecular weight is 720 g/mol. The van der Waals surface area contributed by atoms with Gasteiger partial charge in [0.1, 0.15) is 0 Å². The molecule has 0 spiro atoms. The van der Waals surface area contributed by atoms with E-state index >= 15 is 0 Å². The fraction of sp³-hybridized carbons (Fsp3) is 0.0566. The Morgan fingerprint density at radius 2 is 1.04 bits per heavy atom. The Balaban J connectivity index is 1.20. The van der Waals surface area contributed by atoms with E-state index in [1.807, 2.05) is 11.3 Å². The number of hydrogen-bond donors (Lipinski definition) is 0. The van der Waals surface area contributed by atoms with Gasteiger partial charge < -0.3 is 4.90 Å². The Hall–Kier alpha value is -6.48. The van der Waals surface area contributed by atoms with Crippen LogP contribution in [0.3, 0.4) is 0 Å². The lowest BCUT2D eigenvalue weighted by molar-refractivity contribution is 0.660. The van der Waals surface area contributed by atoms with Crippen molar-refractivity contribution < 1.29 is 0 Å². The van der Waals surface area contributed by atoms with Crippen LogP contribution in [0.2, 0.25) is 0 Å². The molecule has 0 bridgehead atoms. The third kappa shape index (κ3) is 4.92. The van der Waals surface area contributed by atoms with E-state index in [2.05, 4.69) is 207 Å². The highest BCUT2D eigenvalue weighted by Gasteiger charge is 2.38. The minimum Gasteiger partial charge on any atom is -0.308 e. The number of hydrogen-bond acceptors (Lipinski definition) is 2. The van der Waals surface area contributed by atoms with E-state index in [-0.39, 0.29) is 5.41 Å². The summed E-state index contributed by atoms with van der Waals surface area (Å²) in [6, 6.07) is 69.6. The van der Waals surface area contributed by atoms with Crippen LogP contribution in [0.5, 0.6) is 0 Å². The Kier molecular flexibility index (Phi) is 7.14. The van der Waals surface area contributed by atoms with Crippen LogP contribution in [0.4, 0.5) is 17.1 Å². The second kappa shape index (κ2) is 12.3. The van der Waals surface area contributed by atoms with E-state index in [1.165, 1.54) is 103 Å². The Labute approximate surface area is 325 Å². The maximum absolute atomic E-state index is 2.57. The normalized spacial score (nSPS) is 13.1. The molecule has 0 N–H and O–H groups in total. The van der Waals surface area contributed by atoms with E-state index < -0.39 is 0 Å². The zero-order valence-electron chi connectivity index (χ0n) is 30.8. The van der Waals surface area contributed by atoms with Gasteiger partial charge in [-0.2, -0.15) is 0 Å². The number of nitrogens with zero attached hydrogens (tertiary/aromatic N) is 1. The molecule has 55 heavy (non-hydrogen) atoms. The van der Waals surface area contributed by atoms with Crippen molar-refractivity contribution >= 4 is 70.1 Å². The molecule has 11 rings (SSSR count). The van der Waals surface area contributed by atoms with Gasteiger partial charge in [-0.25, -0.2) is 0 Å². The van der Waals surface area contributed by atoms with Crippen LogP contribution in [-0.4, -0.2) is 0 Å². The molecular formula is C53H37NS. The first-order valence-electron chi connectivity index (χ1n) is 19.1. The van der Waals surface area contributed by atoms with Crippen molar-refractivity contribution in [2.45, 2.75) is 19.3 Å². The number of anilines is 3. The van der Waals surface area contributed by atoms with Gasteiger partial charge in [-0.15, -0.1) is 11.3 Å². The second-order valence-electron chi connectivity index (χ2n) is 15.3. The minimum atomic E-state index is -0.177. The van der Waals surface area contributed by atoms with Crippen LogP contribution in [0.25, 0.3) is 75.1 Å². The minimum absolute atomic E-state index is 0.177. The van der Waals surface area contributed by atoms with Crippen LogP contribution < -0.4 is 4.90 Å². The molecule has 1 aromatic heterocycles. The van der Waals surface area contributed by atoms with E-state index in [9.17, 15) is 0 Å². The van der Waals surface area contributed by atoms with Crippen molar-refractivity contribution in [3.63, 3.8) is 0 Å². The van der Waals surface area contributed by atoms with Crippen LogP contribution in [0.1, 0.15) is 25.0 Å². The molecule has 10 aromatic rings. The summed E-state index contributed by atoms with van der Waals surface area (Å²) in [6.45, 7) is 4.78. The van der Waals surface area contributed by atoms with E-state index in [4.69, 9.17) is 0 Å². The van der Waals surface area contributed by atoms with Gasteiger partial charge in [-0.1, -0.05) is 166 Å². The van der Waals surface area contributed by atoms with E-state index in [1.54, 1.807) is 0 Å². The highest BCUT2D eigenvalue weighted by molar-refractivity contribution is 7.26. The fourth-order valence-corrected chi connectivity index (χ4v) is 10.3. The molecule has 1 aliphatic carbocycles. The van der Waals surface area contributed by atoms with Crippen LogP contribution in [-0.2, 0) is 5.41 Å². The SMILES string of the molecule is CC1(C)c2cc(-c3ccccc3)ccc2-c2c(N(c3cccc4c3ccc3ccccc34)c3cccc4c3sc3ccc(-c5ccccc5)cc34)cccc21. The monoisotopic (exact) mass is 719 g/mol. The first kappa shape index (κ1) is 32.0. The molecule has 0 unspecified atom stereocenters. The van der Waals surface area contributed by atoms with Crippen molar-refractivity contribution in [1.82, 2.24) is 0 Å². The molecule has 1 heterocycles. The number of rotatable bonds is 5. The van der Waals surface area contributed by atoms with Crippen molar-refractivity contribution in [3.05, 3.63) is 199 Å². The molecule has 0 radical (unpaired) electrons. The molecule has 0 fully saturated rings. The van der Waals surface area contributed by atoms with Crippen LogP contribution in [0, 0.1) is 0 Å². The topological polar surface area (TPSA) is 3.24 Å². The lowest BCUT2D eigenvalue weighted by Crippen LogP contribution is -2.16. The smallest absolute Gasteiger partial charge is 0.0640 e. The summed E-state index contributed by atoms with van der Waals surface area (Å²) >= 11 is 1.89. The van der Waals surface area contributed by atoms with Crippen LogP contribution in [0.15, 0.2) is 188 Å². The molecule has 0 atom stereocenters. The molecule has 1 nitrogen and oxygen atoms in total. The summed E-state index contributed by atoms with van der Waals surface area (Å²) < 4.78 is 2.58. The van der Waals surface area contributed by atoms with Crippen molar-refractivity contribution in [2.75, 3.05) is 4.90 Å². The van der Waals surface area contributed by atoms with Crippen LogP contribution >= 0.6 is 11.3 Å². The molecular weight excluding hydrogens is 683 g/mol. The third-order valence-corrected chi connectivity index (χ3v) is 13.1. The summed E-state index contributed by atoms with van der Waals surface area (Å²) in [5.41, 5.74) is 13.7. The van der Waals surface area contributed by atoms with Crippen molar-refractivity contribution in [1.29, 1.82) is 0 Å². The average Bonchev–Trinajstić information content (AvgIpc) is 3.73. The quantitative estimate of drug-likeness (QED) is 0.160. The predicted molar refractivity (Wildman–Crippen MR) is 237 cm³/mol. The number of fused-ring (bicyclic) bond motifs is 9. The zero-order chi connectivity index (χ0) is 36.7. The number of thiophene rings is 1. The van der Waals surface area contributed by atoms with Crippen molar-refractivity contribution in [2.24, 2.45) is 0 Å². The van der Waals surface area contributed by atoms with E-state index in [0.717, 1.165) is 0 Å². The van der Waals surface area contributed by atoms with E-state index in [0.29, 0.717) is 0 Å². The van der Waals surface area contributed by atoms with Gasteiger partial charge in [0, 0.05) is 31.8 Å². The standard InChI is InChI=1S/C53H37NS/c1-53(2)45-22-13-24-48(51(45)43-30-27-38(33-46(43)53)35-16-7-4-8-17-35)54(47-23-11-20-40-39-19-10-9-18-36(39)26-29-41(40)47)49-25-12-21-42-44-32-37(34-14-5-3-6-15-34)28-31-50(44)55-52(42)49/h3-33H,1-2H3. The largest absolute Gasteiger partial charge is 0.308 e. The highest BCUT2D eigenvalue weighted by atomic mass is 32.1. The Morgan fingerprint density at radius 1 is 0.400 bits per heavy atom. The van der Waals surface area contributed by atoms with Crippen molar-refractivity contribution in [3.8, 4) is 33.4 Å². The lowest BCUT2D eigenvalue weighted by Gasteiger charge is -2.30. The Bertz CT molecular complexity index is 3120. The highest BCUT2D eigenvalue weighted by Crippen LogP contribution is 2.56. The molecule has 9 aromatic carbocycles. The summed E-state index contributed by atoms with van der Waals surface area (Å²) in [5.74, 6) is 0. The van der Waals surface area contributed by atoms with Gasteiger partial charge in [0.25, 0.3) is 0 Å². The van der Waals surface area contributed by atoms with Gasteiger partial charge in [-0.3, -0.25) is 0 Å². The summed E-state index contributed by atoms with van der Waals surface area (Å²) in [4.78, 5) is 2.57. The fourth-order valence-electron chi connectivity index (χ4n) is 9.14. The first-order valence-corrected chi connectivity index (χ1v) is 19.9. The number of benzene rings is 9. The van der Waals surface area contributed by atoms with Gasteiger partial charge >= 0.3 is 0 Å². The molecule has 0 saturated carbocycles. The van der Waals surface area contributed by atoms with Gasteiger partial charge in [-0.05, 0) is 91.5 Å². The second-order valence-corrected chi connectivity index (χ2v) is 16.3. The molecule has 0 amide bonds. The first-order chi connectivity index (χ1) is 27.0. The molecule has 0 saturated heterocycles. The molecule has 1 aliphatic rings. The summed E-state index contributed by atoms with van der Waals surface area (Å²) in [6.07, 6.45) is 0. The molecule has 2 heteroatoms. The third-order valence-electron chi connectivity index (χ3n) is 11.9. The predicted octanol–water partition coefficient (Wildman–Crippen LogP) is 15.5. The molecule has 0 aliphatic heterocycles. The summed E-state index contributed by atoms with van der Waals surface area (Å²) in [5, 5.41) is 7.60. The zero-order valence-corrected chi connectivity index (χ0v) is 31.6. The lowest BCUT2D eigenvalue weighted by atomic mass is 9.81. The van der Waals surface area contributed by atoms with Gasteiger partial charge in [0.05, 0.1) is 21.8 Å². The van der Waals surface area contributed by atoms with Gasteiger partial charge in [0.15, 0.2) is 0 Å². The summed E-state index contributed by atoms with van der Waals surface area (Å²) in [7, 11) is 0. The Morgan fingerprint density at radius 3 is 1.84 bits per heavy atom. The maximum atomic E-state index is 2.57.